The summed E-state index contributed by atoms with van der Waals surface area (Å²) >= 11 is 6.11. The van der Waals surface area contributed by atoms with Gasteiger partial charge in [0.2, 0.25) is 10.0 Å². The smallest absolute Gasteiger partial charge is 0.272 e. The molecule has 0 aliphatic carbocycles. The van der Waals surface area contributed by atoms with Crippen LogP contribution in [0.2, 0.25) is 5.02 Å². The lowest BCUT2D eigenvalue weighted by atomic mass is 10.1. The van der Waals surface area contributed by atoms with Gasteiger partial charge in [-0.1, -0.05) is 23.7 Å². The van der Waals surface area contributed by atoms with E-state index in [0.717, 1.165) is 6.07 Å². The summed E-state index contributed by atoms with van der Waals surface area (Å²) in [6.07, 6.45) is 1.29. The van der Waals surface area contributed by atoms with Crippen molar-refractivity contribution in [3.8, 4) is 5.75 Å². The summed E-state index contributed by atoms with van der Waals surface area (Å²) < 4.78 is 29.2. The Morgan fingerprint density at radius 1 is 1.19 bits per heavy atom. The molecule has 0 radical (unpaired) electrons. The van der Waals surface area contributed by atoms with Crippen molar-refractivity contribution in [2.45, 2.75) is 23.8 Å². The molecule has 0 amide bonds. The van der Waals surface area contributed by atoms with Crippen LogP contribution in [0.1, 0.15) is 12.8 Å². The van der Waals surface area contributed by atoms with Gasteiger partial charge in [-0.05, 0) is 18.2 Å². The van der Waals surface area contributed by atoms with Gasteiger partial charge < -0.3 is 9.64 Å². The maximum absolute atomic E-state index is 11.6. The summed E-state index contributed by atoms with van der Waals surface area (Å²) in [5, 5.41) is 16.8. The van der Waals surface area contributed by atoms with Gasteiger partial charge in [0.25, 0.3) is 5.69 Å². The number of piperidine rings is 1. The summed E-state index contributed by atoms with van der Waals surface area (Å²) in [7, 11) is -4.05. The molecule has 2 N–H and O–H groups in total. The number of hydrogen-bond acceptors (Lipinski definition) is 6. The lowest BCUT2D eigenvalue weighted by molar-refractivity contribution is -0.385. The predicted molar refractivity (Wildman–Crippen MR) is 102 cm³/mol. The average molecular weight is 412 g/mol. The normalized spacial score (nSPS) is 15.6. The van der Waals surface area contributed by atoms with E-state index >= 15 is 0 Å². The van der Waals surface area contributed by atoms with Crippen molar-refractivity contribution in [3.05, 3.63) is 57.6 Å². The summed E-state index contributed by atoms with van der Waals surface area (Å²) in [6.45, 7) is 1.11. The molecule has 1 heterocycles. The van der Waals surface area contributed by atoms with Gasteiger partial charge in [-0.25, -0.2) is 13.6 Å². The second kappa shape index (κ2) is 7.71. The molecule has 0 unspecified atom stereocenters. The minimum atomic E-state index is -4.05. The van der Waals surface area contributed by atoms with Gasteiger partial charge >= 0.3 is 0 Å². The Morgan fingerprint density at radius 2 is 1.85 bits per heavy atom. The molecule has 8 nitrogen and oxygen atoms in total. The van der Waals surface area contributed by atoms with Crippen LogP contribution in [0.4, 0.5) is 11.4 Å². The molecule has 3 rings (SSSR count). The monoisotopic (exact) mass is 411 g/mol. The summed E-state index contributed by atoms with van der Waals surface area (Å²) in [4.78, 5) is 12.1. The number of para-hydroxylation sites is 1. The van der Waals surface area contributed by atoms with Crippen LogP contribution in [0.3, 0.4) is 0 Å². The van der Waals surface area contributed by atoms with Crippen molar-refractivity contribution in [1.82, 2.24) is 0 Å². The van der Waals surface area contributed by atoms with Crippen molar-refractivity contribution in [3.63, 3.8) is 0 Å². The van der Waals surface area contributed by atoms with E-state index in [0.29, 0.717) is 42.4 Å². The Balaban J connectivity index is 1.75. The van der Waals surface area contributed by atoms with Crippen LogP contribution in [0.5, 0.6) is 5.75 Å². The first-order valence-corrected chi connectivity index (χ1v) is 10.1. The van der Waals surface area contributed by atoms with E-state index < -0.39 is 14.9 Å². The van der Waals surface area contributed by atoms with Crippen molar-refractivity contribution in [2.24, 2.45) is 5.14 Å². The number of primary sulfonamides is 1. The Bertz CT molecular complexity index is 959. The number of nitrogens with zero attached hydrogens (tertiary/aromatic N) is 2. The standard InChI is InChI=1S/C17H18ClN3O5S/c18-16-3-1-2-4-17(16)26-14-5-7-20(8-6-14)12-9-13(21(22)23)11-15(10-12)27(19,24)25/h1-4,9-11,14H,5-8H2,(H2,19,24,25). The van der Waals surface area contributed by atoms with E-state index in [2.05, 4.69) is 0 Å². The lowest BCUT2D eigenvalue weighted by Gasteiger charge is -2.34. The van der Waals surface area contributed by atoms with E-state index in [1.54, 1.807) is 12.1 Å². The summed E-state index contributed by atoms with van der Waals surface area (Å²) in [5.74, 6) is 0.615. The first-order valence-electron chi connectivity index (χ1n) is 8.22. The van der Waals surface area contributed by atoms with E-state index in [4.69, 9.17) is 21.5 Å². The molecule has 1 aliphatic heterocycles. The molecule has 0 atom stereocenters. The molecule has 2 aromatic carbocycles. The molecule has 27 heavy (non-hydrogen) atoms. The number of hydrogen-bond donors (Lipinski definition) is 1. The zero-order valence-electron chi connectivity index (χ0n) is 14.2. The molecule has 1 aliphatic rings. The minimum Gasteiger partial charge on any atom is -0.489 e. The van der Waals surface area contributed by atoms with Crippen molar-refractivity contribution >= 4 is 33.0 Å². The molecule has 0 spiro atoms. The molecule has 0 saturated carbocycles. The van der Waals surface area contributed by atoms with Gasteiger partial charge in [0.05, 0.1) is 14.8 Å². The summed E-state index contributed by atoms with van der Waals surface area (Å²) in [6, 6.07) is 10.9. The first-order chi connectivity index (χ1) is 12.7. The second-order valence-electron chi connectivity index (χ2n) is 6.22. The fourth-order valence-electron chi connectivity index (χ4n) is 2.97. The van der Waals surface area contributed by atoms with Gasteiger partial charge in [0, 0.05) is 43.8 Å². The molecular formula is C17H18ClN3O5S. The molecule has 2 aromatic rings. The highest BCUT2D eigenvalue weighted by molar-refractivity contribution is 7.89. The highest BCUT2D eigenvalue weighted by atomic mass is 35.5. The van der Waals surface area contributed by atoms with Crippen LogP contribution >= 0.6 is 11.6 Å². The van der Waals surface area contributed by atoms with Gasteiger partial charge in [-0.2, -0.15) is 0 Å². The first kappa shape index (κ1) is 19.4. The van der Waals surface area contributed by atoms with Crippen molar-refractivity contribution in [1.29, 1.82) is 0 Å². The third-order valence-electron chi connectivity index (χ3n) is 4.35. The number of nitrogens with two attached hydrogens (primary N) is 1. The number of rotatable bonds is 5. The molecule has 1 saturated heterocycles. The van der Waals surface area contributed by atoms with Crippen molar-refractivity contribution in [2.75, 3.05) is 18.0 Å². The van der Waals surface area contributed by atoms with E-state index in [9.17, 15) is 18.5 Å². The van der Waals surface area contributed by atoms with Crippen LogP contribution in [-0.4, -0.2) is 32.5 Å². The minimum absolute atomic E-state index is 0.0439. The number of anilines is 1. The van der Waals surface area contributed by atoms with Gasteiger partial charge in [-0.15, -0.1) is 0 Å². The average Bonchev–Trinajstić information content (AvgIpc) is 2.63. The van der Waals surface area contributed by atoms with E-state index in [-0.39, 0.29) is 16.7 Å². The van der Waals surface area contributed by atoms with Gasteiger partial charge in [0.1, 0.15) is 11.9 Å². The zero-order chi connectivity index (χ0) is 19.6. The van der Waals surface area contributed by atoms with Gasteiger partial charge in [-0.3, -0.25) is 10.1 Å². The number of nitro groups is 1. The quantitative estimate of drug-likeness (QED) is 0.597. The van der Waals surface area contributed by atoms with Crippen molar-refractivity contribution < 1.29 is 18.1 Å². The molecule has 0 bridgehead atoms. The molecule has 144 valence electrons. The van der Waals surface area contributed by atoms with Crippen LogP contribution in [-0.2, 0) is 10.0 Å². The molecule has 10 heteroatoms. The maximum atomic E-state index is 11.6. The zero-order valence-corrected chi connectivity index (χ0v) is 15.8. The number of non-ortho nitro benzene ring substituents is 1. The van der Waals surface area contributed by atoms with E-state index in [1.165, 1.54) is 12.1 Å². The predicted octanol–water partition coefficient (Wildman–Crippen LogP) is 2.94. The fraction of sp³-hybridized carbons (Fsp3) is 0.294. The lowest BCUT2D eigenvalue weighted by Crippen LogP contribution is -2.38. The molecule has 0 aromatic heterocycles. The highest BCUT2D eigenvalue weighted by Crippen LogP contribution is 2.30. The topological polar surface area (TPSA) is 116 Å². The number of benzene rings is 2. The van der Waals surface area contributed by atoms with Crippen LogP contribution in [0.15, 0.2) is 47.4 Å². The summed E-state index contributed by atoms with van der Waals surface area (Å²) in [5.41, 5.74) is 0.135. The number of sulfonamides is 1. The molecule has 1 fully saturated rings. The SMILES string of the molecule is NS(=O)(=O)c1cc(N2CCC(Oc3ccccc3Cl)CC2)cc([N+](=O)[O-])c1. The Morgan fingerprint density at radius 3 is 2.44 bits per heavy atom. The Labute approximate surface area is 161 Å². The van der Waals surface area contributed by atoms with Crippen LogP contribution in [0, 0.1) is 10.1 Å². The molecular weight excluding hydrogens is 394 g/mol. The Kier molecular flexibility index (Phi) is 5.54. The third-order valence-corrected chi connectivity index (χ3v) is 5.56. The van der Waals surface area contributed by atoms with E-state index in [1.807, 2.05) is 17.0 Å². The second-order valence-corrected chi connectivity index (χ2v) is 8.19. The fourth-order valence-corrected chi connectivity index (χ4v) is 3.72. The maximum Gasteiger partial charge on any atom is 0.272 e. The highest BCUT2D eigenvalue weighted by Gasteiger charge is 2.24. The third kappa shape index (κ3) is 4.68. The number of nitro benzene ring substituents is 1. The van der Waals surface area contributed by atoms with Crippen LogP contribution in [0.25, 0.3) is 0 Å². The van der Waals surface area contributed by atoms with Crippen LogP contribution < -0.4 is 14.8 Å². The largest absolute Gasteiger partial charge is 0.489 e. The van der Waals surface area contributed by atoms with Gasteiger partial charge in [0.15, 0.2) is 0 Å². The number of ether oxygens (including phenoxy) is 1. The number of halogens is 1. The Hall–Kier alpha value is -2.36.